The van der Waals surface area contributed by atoms with E-state index in [2.05, 4.69) is 6.92 Å². The second kappa shape index (κ2) is 10.9. The Kier molecular flexibility index (Phi) is 8.02. The van der Waals surface area contributed by atoms with Crippen LogP contribution in [0.4, 0.5) is 8.78 Å². The minimum atomic E-state index is -0.362. The standard InChI is InChI=1S/C30H40F2/c1-3-7-22-10-12-24(13-11-22)25-14-16-26(17-15-25)27-19-29(31)28(30(32)20-27)18-21(2)23-8-5-4-6-9-23/h4-6,8-9,19-22,24-26H,3,7,10-18H2,1-2H3. The van der Waals surface area contributed by atoms with Crippen LogP contribution in [0.5, 0.6) is 0 Å². The van der Waals surface area contributed by atoms with Crippen molar-refractivity contribution in [3.05, 3.63) is 70.8 Å². The first kappa shape index (κ1) is 23.5. The average molecular weight is 439 g/mol. The molecule has 32 heavy (non-hydrogen) atoms. The van der Waals surface area contributed by atoms with Crippen LogP contribution in [0, 0.1) is 29.4 Å². The molecule has 0 spiro atoms. The van der Waals surface area contributed by atoms with Crippen molar-refractivity contribution in [3.8, 4) is 0 Å². The molecule has 1 unspecified atom stereocenters. The number of hydrogen-bond acceptors (Lipinski definition) is 0. The smallest absolute Gasteiger partial charge is 0.129 e. The molecular weight excluding hydrogens is 398 g/mol. The van der Waals surface area contributed by atoms with Crippen molar-refractivity contribution in [3.63, 3.8) is 0 Å². The van der Waals surface area contributed by atoms with Crippen LogP contribution in [0.2, 0.25) is 0 Å². The maximum absolute atomic E-state index is 15.0. The molecule has 2 saturated carbocycles. The second-order valence-corrected chi connectivity index (χ2v) is 10.7. The summed E-state index contributed by atoms with van der Waals surface area (Å²) in [5.41, 5.74) is 2.24. The molecule has 2 aliphatic carbocycles. The Morgan fingerprint density at radius 3 is 1.94 bits per heavy atom. The topological polar surface area (TPSA) is 0 Å². The lowest BCUT2D eigenvalue weighted by Crippen LogP contribution is -2.25. The van der Waals surface area contributed by atoms with Gasteiger partial charge in [0.05, 0.1) is 0 Å². The van der Waals surface area contributed by atoms with E-state index in [1.165, 1.54) is 51.4 Å². The van der Waals surface area contributed by atoms with Gasteiger partial charge in [-0.25, -0.2) is 8.78 Å². The van der Waals surface area contributed by atoms with E-state index in [1.54, 1.807) is 12.1 Å². The molecule has 174 valence electrons. The third kappa shape index (κ3) is 5.61. The van der Waals surface area contributed by atoms with E-state index in [9.17, 15) is 8.78 Å². The number of benzene rings is 2. The molecule has 0 amide bonds. The molecule has 2 aliphatic rings. The Labute approximate surface area is 193 Å². The highest BCUT2D eigenvalue weighted by Crippen LogP contribution is 2.44. The van der Waals surface area contributed by atoms with Gasteiger partial charge in [-0.3, -0.25) is 0 Å². The predicted molar refractivity (Wildman–Crippen MR) is 130 cm³/mol. The third-order valence-electron chi connectivity index (χ3n) is 8.54. The molecule has 0 aromatic heterocycles. The first-order valence-electron chi connectivity index (χ1n) is 13.1. The van der Waals surface area contributed by atoms with E-state index in [-0.39, 0.29) is 23.1 Å². The van der Waals surface area contributed by atoms with Crippen molar-refractivity contribution in [1.82, 2.24) is 0 Å². The van der Waals surface area contributed by atoms with E-state index >= 15 is 0 Å². The van der Waals surface area contributed by atoms with E-state index in [0.717, 1.165) is 41.7 Å². The molecule has 2 fully saturated rings. The van der Waals surface area contributed by atoms with Gasteiger partial charge in [0.1, 0.15) is 11.6 Å². The second-order valence-electron chi connectivity index (χ2n) is 10.7. The van der Waals surface area contributed by atoms with Gasteiger partial charge in [0.25, 0.3) is 0 Å². The first-order chi connectivity index (χ1) is 15.5. The van der Waals surface area contributed by atoms with E-state index in [0.29, 0.717) is 12.3 Å². The molecule has 0 radical (unpaired) electrons. The van der Waals surface area contributed by atoms with Gasteiger partial charge in [0, 0.05) is 5.56 Å². The first-order valence-corrected chi connectivity index (χ1v) is 13.1. The molecule has 0 bridgehead atoms. The lowest BCUT2D eigenvalue weighted by Gasteiger charge is -2.38. The van der Waals surface area contributed by atoms with E-state index in [1.807, 2.05) is 37.3 Å². The van der Waals surface area contributed by atoms with Crippen LogP contribution in [0.1, 0.15) is 107 Å². The van der Waals surface area contributed by atoms with Gasteiger partial charge in [-0.2, -0.15) is 0 Å². The summed E-state index contributed by atoms with van der Waals surface area (Å²) in [6, 6.07) is 13.3. The Morgan fingerprint density at radius 1 is 0.812 bits per heavy atom. The Bertz CT molecular complexity index is 819. The number of halogens is 2. The highest BCUT2D eigenvalue weighted by molar-refractivity contribution is 5.31. The van der Waals surface area contributed by atoms with E-state index in [4.69, 9.17) is 0 Å². The molecule has 2 aromatic rings. The van der Waals surface area contributed by atoms with Crippen LogP contribution < -0.4 is 0 Å². The van der Waals surface area contributed by atoms with Gasteiger partial charge in [0.2, 0.25) is 0 Å². The number of hydrogen-bond donors (Lipinski definition) is 0. The van der Waals surface area contributed by atoms with E-state index < -0.39 is 0 Å². The van der Waals surface area contributed by atoms with Gasteiger partial charge in [0.15, 0.2) is 0 Å². The van der Waals surface area contributed by atoms with Crippen molar-refractivity contribution in [1.29, 1.82) is 0 Å². The normalized spacial score (nSPS) is 27.2. The van der Waals surface area contributed by atoms with Crippen molar-refractivity contribution in [2.45, 2.75) is 96.3 Å². The van der Waals surface area contributed by atoms with Crippen molar-refractivity contribution in [2.75, 3.05) is 0 Å². The van der Waals surface area contributed by atoms with Crippen LogP contribution in [-0.4, -0.2) is 0 Å². The maximum Gasteiger partial charge on any atom is 0.129 e. The highest BCUT2D eigenvalue weighted by atomic mass is 19.1. The molecule has 2 heteroatoms. The molecular formula is C30H40F2. The fraction of sp³-hybridized carbons (Fsp3) is 0.600. The monoisotopic (exact) mass is 438 g/mol. The summed E-state index contributed by atoms with van der Waals surface area (Å²) < 4.78 is 29.9. The SMILES string of the molecule is CCCC1CCC(C2CCC(c3cc(F)c(CC(C)c4ccccc4)c(F)c3)CC2)CC1. The van der Waals surface area contributed by atoms with Crippen LogP contribution >= 0.6 is 0 Å². The molecule has 1 atom stereocenters. The average Bonchev–Trinajstić information content (AvgIpc) is 2.82. The lowest BCUT2D eigenvalue weighted by atomic mass is 9.68. The van der Waals surface area contributed by atoms with Gasteiger partial charge in [-0.1, -0.05) is 69.9 Å². The molecule has 0 nitrogen and oxygen atoms in total. The summed E-state index contributed by atoms with van der Waals surface area (Å²) in [7, 11) is 0. The van der Waals surface area contributed by atoms with Gasteiger partial charge in [-0.15, -0.1) is 0 Å². The molecule has 0 N–H and O–H groups in total. The lowest BCUT2D eigenvalue weighted by molar-refractivity contribution is 0.156. The minimum Gasteiger partial charge on any atom is -0.207 e. The Hall–Kier alpha value is -1.70. The van der Waals surface area contributed by atoms with Crippen LogP contribution in [0.15, 0.2) is 42.5 Å². The molecule has 0 aliphatic heterocycles. The summed E-state index contributed by atoms with van der Waals surface area (Å²) in [5.74, 6) is 2.36. The predicted octanol–water partition coefficient (Wildman–Crippen LogP) is 9.19. The summed E-state index contributed by atoms with van der Waals surface area (Å²) in [5, 5.41) is 0. The third-order valence-corrected chi connectivity index (χ3v) is 8.54. The summed E-state index contributed by atoms with van der Waals surface area (Å²) in [4.78, 5) is 0. The number of rotatable bonds is 7. The molecule has 0 heterocycles. The van der Waals surface area contributed by atoms with Gasteiger partial charge < -0.3 is 0 Å². The minimum absolute atomic E-state index is 0.0916. The van der Waals surface area contributed by atoms with Crippen molar-refractivity contribution >= 4 is 0 Å². The zero-order chi connectivity index (χ0) is 22.5. The Balaban J connectivity index is 1.34. The quantitative estimate of drug-likeness (QED) is 0.404. The Morgan fingerprint density at radius 2 is 1.38 bits per heavy atom. The summed E-state index contributed by atoms with van der Waals surface area (Å²) in [6.45, 7) is 4.34. The molecule has 2 aromatic carbocycles. The summed E-state index contributed by atoms with van der Waals surface area (Å²) >= 11 is 0. The van der Waals surface area contributed by atoms with Crippen LogP contribution in [0.25, 0.3) is 0 Å². The van der Waals surface area contributed by atoms with Gasteiger partial charge in [-0.05, 0) is 97.8 Å². The largest absolute Gasteiger partial charge is 0.207 e. The van der Waals surface area contributed by atoms with Crippen LogP contribution in [0.3, 0.4) is 0 Å². The van der Waals surface area contributed by atoms with Gasteiger partial charge >= 0.3 is 0 Å². The summed E-state index contributed by atoms with van der Waals surface area (Å²) in [6.07, 6.45) is 13.4. The molecule has 0 saturated heterocycles. The fourth-order valence-corrected chi connectivity index (χ4v) is 6.54. The molecule has 4 rings (SSSR count). The maximum atomic E-state index is 15.0. The zero-order valence-electron chi connectivity index (χ0n) is 20.0. The fourth-order valence-electron chi connectivity index (χ4n) is 6.54. The van der Waals surface area contributed by atoms with Crippen molar-refractivity contribution < 1.29 is 8.78 Å². The highest BCUT2D eigenvalue weighted by Gasteiger charge is 2.31. The van der Waals surface area contributed by atoms with Crippen LogP contribution in [-0.2, 0) is 6.42 Å². The zero-order valence-corrected chi connectivity index (χ0v) is 20.0. The van der Waals surface area contributed by atoms with Crippen molar-refractivity contribution in [2.24, 2.45) is 17.8 Å².